The number of allylic oxidation sites excluding steroid dienone is 4. The van der Waals surface area contributed by atoms with Gasteiger partial charge >= 0.3 is 12.4 Å². The van der Waals surface area contributed by atoms with Gasteiger partial charge in [0.2, 0.25) is 0 Å². The molecule has 0 heterocycles. The first-order chi connectivity index (χ1) is 12.3. The van der Waals surface area contributed by atoms with Gasteiger partial charge in [0.1, 0.15) is 0 Å². The molecule has 0 nitrogen and oxygen atoms in total. The van der Waals surface area contributed by atoms with Gasteiger partial charge in [-0.3, -0.25) is 0 Å². The quantitative estimate of drug-likeness (QED) is 0.475. The van der Waals surface area contributed by atoms with Crippen LogP contribution in [0.5, 0.6) is 0 Å². The molecule has 0 saturated carbocycles. The summed E-state index contributed by atoms with van der Waals surface area (Å²) in [5.74, 6) is -0.802. The molecular weight excluding hydrogens is 366 g/mol. The van der Waals surface area contributed by atoms with Crippen LogP contribution < -0.4 is 0 Å². The van der Waals surface area contributed by atoms with Crippen molar-refractivity contribution >= 4 is 0 Å². The molecule has 0 aliphatic heterocycles. The third kappa shape index (κ3) is 4.41. The molecule has 1 aliphatic rings. The van der Waals surface area contributed by atoms with Gasteiger partial charge in [0.15, 0.2) is 5.41 Å². The van der Waals surface area contributed by atoms with Crippen LogP contribution in [0.2, 0.25) is 0 Å². The van der Waals surface area contributed by atoms with E-state index in [2.05, 4.69) is 0 Å². The van der Waals surface area contributed by atoms with Crippen molar-refractivity contribution in [3.8, 4) is 0 Å². The molecule has 1 unspecified atom stereocenters. The zero-order chi connectivity index (χ0) is 20.6. The Balaban J connectivity index is 2.49. The van der Waals surface area contributed by atoms with E-state index in [0.717, 1.165) is 16.7 Å². The second-order valence-electron chi connectivity index (χ2n) is 7.61. The van der Waals surface area contributed by atoms with Gasteiger partial charge < -0.3 is 0 Å². The third-order valence-electron chi connectivity index (χ3n) is 5.61. The molecule has 0 radical (unpaired) electrons. The molecule has 27 heavy (non-hydrogen) atoms. The lowest BCUT2D eigenvalue weighted by Gasteiger charge is -2.40. The van der Waals surface area contributed by atoms with E-state index >= 15 is 0 Å². The van der Waals surface area contributed by atoms with Gasteiger partial charge in [-0.2, -0.15) is 26.3 Å². The highest BCUT2D eigenvalue weighted by molar-refractivity contribution is 5.33. The summed E-state index contributed by atoms with van der Waals surface area (Å²) in [6.45, 7) is 6.97. The Morgan fingerprint density at radius 1 is 0.852 bits per heavy atom. The van der Waals surface area contributed by atoms with Crippen molar-refractivity contribution in [1.29, 1.82) is 0 Å². The maximum atomic E-state index is 13.9. The fraction of sp³-hybridized carbons (Fsp3) is 0.524. The van der Waals surface area contributed by atoms with Crippen molar-refractivity contribution in [2.45, 2.75) is 59.3 Å². The Kier molecular flexibility index (Phi) is 5.88. The molecule has 0 N–H and O–H groups in total. The summed E-state index contributed by atoms with van der Waals surface area (Å²) in [5.41, 5.74) is -0.591. The largest absolute Gasteiger partial charge is 0.403 e. The number of hydrogen-bond donors (Lipinski definition) is 0. The Morgan fingerprint density at radius 3 is 1.93 bits per heavy atom. The van der Waals surface area contributed by atoms with E-state index in [1.807, 2.05) is 0 Å². The van der Waals surface area contributed by atoms with E-state index < -0.39 is 36.5 Å². The minimum Gasteiger partial charge on any atom is -0.170 e. The molecule has 1 aromatic rings. The topological polar surface area (TPSA) is 0 Å². The molecule has 1 aromatic carbocycles. The van der Waals surface area contributed by atoms with E-state index in [1.165, 1.54) is 12.1 Å². The summed E-state index contributed by atoms with van der Waals surface area (Å²) in [6, 6.07) is 4.35. The molecule has 0 amide bonds. The zero-order valence-corrected chi connectivity index (χ0v) is 15.9. The number of benzene rings is 1. The SMILES string of the molecule is CC1=CCC(CC(Cc2ccc(C)c(C)c2)(C(F)(F)F)C(F)(F)F)C=C1C. The Hall–Kier alpha value is -1.72. The van der Waals surface area contributed by atoms with Gasteiger partial charge in [-0.15, -0.1) is 0 Å². The van der Waals surface area contributed by atoms with Crippen molar-refractivity contribution in [1.82, 2.24) is 0 Å². The number of hydrogen-bond acceptors (Lipinski definition) is 0. The van der Waals surface area contributed by atoms with Gasteiger partial charge in [0.25, 0.3) is 0 Å². The summed E-state index contributed by atoms with van der Waals surface area (Å²) in [6.07, 6.45) is -9.47. The van der Waals surface area contributed by atoms with Crippen LogP contribution in [0, 0.1) is 25.2 Å². The standard InChI is InChI=1S/C21H24F6/c1-13-5-7-17(9-15(13)3)11-19(20(22,23)24,21(25,26)27)12-18-8-6-14(2)16(4)10-18/h5-7,9-10,18H,8,11-12H2,1-4H3. The second kappa shape index (κ2) is 7.36. The van der Waals surface area contributed by atoms with Crippen LogP contribution in [0.15, 0.2) is 41.5 Å². The monoisotopic (exact) mass is 390 g/mol. The van der Waals surface area contributed by atoms with Crippen molar-refractivity contribution in [2.75, 3.05) is 0 Å². The maximum Gasteiger partial charge on any atom is 0.403 e. The average molecular weight is 390 g/mol. The van der Waals surface area contributed by atoms with Gasteiger partial charge in [0, 0.05) is 0 Å². The van der Waals surface area contributed by atoms with Crippen LogP contribution in [0.25, 0.3) is 0 Å². The molecule has 150 valence electrons. The minimum absolute atomic E-state index is 0.0518. The molecule has 1 aliphatic carbocycles. The Bertz CT molecular complexity index is 735. The Morgan fingerprint density at radius 2 is 1.44 bits per heavy atom. The number of alkyl halides is 6. The van der Waals surface area contributed by atoms with Gasteiger partial charge in [-0.25, -0.2) is 0 Å². The first-order valence-electron chi connectivity index (χ1n) is 8.82. The average Bonchev–Trinajstić information content (AvgIpc) is 2.51. The van der Waals surface area contributed by atoms with Crippen LogP contribution in [0.4, 0.5) is 26.3 Å². The first-order valence-corrected chi connectivity index (χ1v) is 8.82. The Labute approximate surface area is 156 Å². The second-order valence-corrected chi connectivity index (χ2v) is 7.61. The molecule has 0 bridgehead atoms. The molecular formula is C21H24F6. The van der Waals surface area contributed by atoms with Gasteiger partial charge in [-0.05, 0) is 69.6 Å². The van der Waals surface area contributed by atoms with E-state index in [-0.39, 0.29) is 12.0 Å². The third-order valence-corrected chi connectivity index (χ3v) is 5.61. The molecule has 6 heteroatoms. The van der Waals surface area contributed by atoms with E-state index in [9.17, 15) is 26.3 Å². The van der Waals surface area contributed by atoms with Crippen LogP contribution in [0.1, 0.15) is 43.4 Å². The molecule has 0 saturated heterocycles. The highest BCUT2D eigenvalue weighted by atomic mass is 19.4. The fourth-order valence-electron chi connectivity index (χ4n) is 3.56. The van der Waals surface area contributed by atoms with Crippen molar-refractivity contribution < 1.29 is 26.3 Å². The van der Waals surface area contributed by atoms with Gasteiger partial charge in [0.05, 0.1) is 0 Å². The predicted molar refractivity (Wildman–Crippen MR) is 94.4 cm³/mol. The van der Waals surface area contributed by atoms with Crippen LogP contribution in [0.3, 0.4) is 0 Å². The number of rotatable bonds is 4. The highest BCUT2D eigenvalue weighted by Crippen LogP contribution is 2.56. The summed E-state index contributed by atoms with van der Waals surface area (Å²) in [4.78, 5) is 0. The highest BCUT2D eigenvalue weighted by Gasteiger charge is 2.70. The summed E-state index contributed by atoms with van der Waals surface area (Å²) in [5, 5.41) is 0. The summed E-state index contributed by atoms with van der Waals surface area (Å²) in [7, 11) is 0. The molecule has 0 fully saturated rings. The maximum absolute atomic E-state index is 13.9. The summed E-state index contributed by atoms with van der Waals surface area (Å²) < 4.78 is 83.5. The van der Waals surface area contributed by atoms with Crippen molar-refractivity contribution in [3.63, 3.8) is 0 Å². The fourth-order valence-corrected chi connectivity index (χ4v) is 3.56. The lowest BCUT2D eigenvalue weighted by atomic mass is 9.71. The van der Waals surface area contributed by atoms with Gasteiger partial charge in [-0.1, -0.05) is 41.5 Å². The van der Waals surface area contributed by atoms with Crippen LogP contribution >= 0.6 is 0 Å². The van der Waals surface area contributed by atoms with E-state index in [0.29, 0.717) is 5.56 Å². The summed E-state index contributed by atoms with van der Waals surface area (Å²) >= 11 is 0. The molecule has 0 aromatic heterocycles. The lowest BCUT2D eigenvalue weighted by Crippen LogP contribution is -2.52. The predicted octanol–water partition coefficient (Wildman–Crippen LogP) is 7.26. The minimum atomic E-state index is -5.40. The van der Waals surface area contributed by atoms with Crippen molar-refractivity contribution in [2.24, 2.45) is 11.3 Å². The van der Waals surface area contributed by atoms with Crippen LogP contribution in [-0.2, 0) is 6.42 Å². The molecule has 0 spiro atoms. The molecule has 1 atom stereocenters. The van der Waals surface area contributed by atoms with E-state index in [4.69, 9.17) is 0 Å². The number of aryl methyl sites for hydroxylation is 2. The van der Waals surface area contributed by atoms with Crippen LogP contribution in [-0.4, -0.2) is 12.4 Å². The van der Waals surface area contributed by atoms with E-state index in [1.54, 1.807) is 45.9 Å². The zero-order valence-electron chi connectivity index (χ0n) is 15.9. The number of halogens is 6. The first kappa shape index (κ1) is 21.6. The molecule has 2 rings (SSSR count). The lowest BCUT2D eigenvalue weighted by molar-refractivity contribution is -0.345. The van der Waals surface area contributed by atoms with Crippen molar-refractivity contribution in [3.05, 3.63) is 58.2 Å². The smallest absolute Gasteiger partial charge is 0.170 e. The normalized spacial score (nSPS) is 19.0.